The molecule has 31 heavy (non-hydrogen) atoms. The summed E-state index contributed by atoms with van der Waals surface area (Å²) in [6.45, 7) is 11.6. The van der Waals surface area contributed by atoms with E-state index in [1.165, 1.54) is 13.1 Å². The summed E-state index contributed by atoms with van der Waals surface area (Å²) in [5.74, 6) is -0.962. The Morgan fingerprint density at radius 1 is 1.19 bits per heavy atom. The zero-order valence-corrected chi connectivity index (χ0v) is 18.4. The summed E-state index contributed by atoms with van der Waals surface area (Å²) >= 11 is 0. The molecule has 174 valence electrons. The number of anilines is 1. The minimum Gasteiger partial charge on any atom is -0.435 e. The zero-order valence-electron chi connectivity index (χ0n) is 18.4. The molecule has 2 heterocycles. The van der Waals surface area contributed by atoms with E-state index in [1.807, 2.05) is 20.8 Å². The summed E-state index contributed by atoms with van der Waals surface area (Å²) in [6, 6.07) is 2.86. The predicted octanol–water partition coefficient (Wildman–Crippen LogP) is 2.53. The summed E-state index contributed by atoms with van der Waals surface area (Å²) < 4.78 is 40.1. The fraction of sp³-hybridized carbons (Fsp3) is 0.619. The third-order valence-electron chi connectivity index (χ3n) is 4.89. The van der Waals surface area contributed by atoms with Crippen molar-refractivity contribution in [3.8, 4) is 5.75 Å². The van der Waals surface area contributed by atoms with Crippen LogP contribution in [0.4, 0.5) is 18.9 Å². The van der Waals surface area contributed by atoms with Gasteiger partial charge in [-0.3, -0.25) is 14.5 Å². The van der Waals surface area contributed by atoms with Crippen LogP contribution in [0.25, 0.3) is 0 Å². The first-order valence-electron chi connectivity index (χ1n) is 10.1. The van der Waals surface area contributed by atoms with Crippen molar-refractivity contribution < 1.29 is 27.5 Å². The molecule has 1 aromatic rings. The topological polar surface area (TPSA) is 73.9 Å². The number of likely N-dealkylation sites (tertiary alicyclic amines) is 2. The van der Waals surface area contributed by atoms with Crippen molar-refractivity contribution in [1.29, 1.82) is 0 Å². The first-order valence-corrected chi connectivity index (χ1v) is 10.1. The lowest BCUT2D eigenvalue weighted by atomic mass is 9.73. The Morgan fingerprint density at radius 2 is 1.81 bits per heavy atom. The van der Waals surface area contributed by atoms with E-state index in [9.17, 15) is 22.8 Å². The molecule has 2 N–H and O–H groups in total. The van der Waals surface area contributed by atoms with Crippen LogP contribution in [0, 0.1) is 11.2 Å². The van der Waals surface area contributed by atoms with Crippen LogP contribution in [0.3, 0.4) is 0 Å². The van der Waals surface area contributed by atoms with Crippen LogP contribution in [0.15, 0.2) is 18.2 Å². The number of carbonyl (C=O) groups is 2. The highest BCUT2D eigenvalue weighted by Crippen LogP contribution is 2.38. The number of rotatable bonds is 7. The van der Waals surface area contributed by atoms with Crippen molar-refractivity contribution in [2.45, 2.75) is 39.8 Å². The highest BCUT2D eigenvalue weighted by molar-refractivity contribution is 5.78. The van der Waals surface area contributed by atoms with Gasteiger partial charge in [0.15, 0.2) is 0 Å². The van der Waals surface area contributed by atoms with E-state index < -0.39 is 12.4 Å². The number of carbonyl (C=O) groups excluding carboxylic acids is 2. The van der Waals surface area contributed by atoms with Crippen molar-refractivity contribution in [2.75, 3.05) is 44.6 Å². The maximum atomic E-state index is 12.7. The molecule has 0 saturated carbocycles. The second-order valence-electron chi connectivity index (χ2n) is 9.06. The Morgan fingerprint density at radius 3 is 2.32 bits per heavy atom. The number of halogens is 3. The molecule has 10 heteroatoms. The Kier molecular flexibility index (Phi) is 8.30. The van der Waals surface area contributed by atoms with Crippen molar-refractivity contribution in [2.24, 2.45) is 5.41 Å². The van der Waals surface area contributed by atoms with Crippen LogP contribution in [0.5, 0.6) is 5.75 Å². The molecule has 0 unspecified atom stereocenters. The molecule has 1 spiro atoms. The molecule has 0 aromatic heterocycles. The molecule has 2 fully saturated rings. The average molecular weight is 444 g/mol. The first kappa shape index (κ1) is 24.9. The smallest absolute Gasteiger partial charge is 0.387 e. The number of amides is 2. The molecule has 2 aliphatic rings. The molecule has 0 aliphatic carbocycles. The van der Waals surface area contributed by atoms with E-state index in [4.69, 9.17) is 0 Å². The normalized spacial score (nSPS) is 17.8. The zero-order chi connectivity index (χ0) is 23.2. The summed E-state index contributed by atoms with van der Waals surface area (Å²) in [6.07, 6.45) is 0.306. The van der Waals surface area contributed by atoms with Gasteiger partial charge in [-0.25, -0.2) is 4.39 Å². The van der Waals surface area contributed by atoms with Gasteiger partial charge in [0.1, 0.15) is 11.6 Å². The second kappa shape index (κ2) is 10.3. The van der Waals surface area contributed by atoms with Crippen molar-refractivity contribution in [3.63, 3.8) is 0 Å². The highest BCUT2D eigenvalue weighted by atomic mass is 19.3. The lowest BCUT2D eigenvalue weighted by Gasteiger charge is -2.60. The molecular weight excluding hydrogens is 413 g/mol. The van der Waals surface area contributed by atoms with Crippen molar-refractivity contribution >= 4 is 18.0 Å². The molecule has 0 radical (unpaired) electrons. The minimum atomic E-state index is -3.03. The van der Waals surface area contributed by atoms with Gasteiger partial charge in [-0.05, 0) is 33.4 Å². The van der Waals surface area contributed by atoms with E-state index in [2.05, 4.69) is 32.1 Å². The monoisotopic (exact) mass is 444 g/mol. The maximum Gasteiger partial charge on any atom is 0.387 e. The lowest BCUT2D eigenvalue weighted by molar-refractivity contribution is -0.137. The third kappa shape index (κ3) is 8.02. The highest BCUT2D eigenvalue weighted by Gasteiger charge is 2.51. The maximum absolute atomic E-state index is 12.7. The number of benzene rings is 1. The predicted molar refractivity (Wildman–Crippen MR) is 112 cm³/mol. The molecule has 7 nitrogen and oxygen atoms in total. The standard InChI is InChI=1S/C13H25N3O.C8H6F3NO2/c1-5-15-7-13(8-15)9-16(10-13)6-11(17)14-12(2,3)4;9-5-1-6(12-4-13)3-7(2-5)14-8(10)11/h5-10H2,1-4H3,(H,14,17);1-4,8H,(H,12,13). The van der Waals surface area contributed by atoms with Crippen LogP contribution >= 0.6 is 0 Å². The molecule has 3 rings (SSSR count). The molecule has 0 atom stereocenters. The summed E-state index contributed by atoms with van der Waals surface area (Å²) in [7, 11) is 0. The minimum absolute atomic E-state index is 0.0515. The number of hydrogen-bond acceptors (Lipinski definition) is 5. The van der Waals surface area contributed by atoms with Crippen molar-refractivity contribution in [1.82, 2.24) is 15.1 Å². The number of alkyl halides is 2. The van der Waals surface area contributed by atoms with Gasteiger partial charge in [0.25, 0.3) is 0 Å². The molecule has 0 bridgehead atoms. The van der Waals surface area contributed by atoms with Gasteiger partial charge in [0, 0.05) is 55.0 Å². The fourth-order valence-electron chi connectivity index (χ4n) is 3.89. The summed E-state index contributed by atoms with van der Waals surface area (Å²) in [5.41, 5.74) is 0.461. The van der Waals surface area contributed by atoms with Gasteiger partial charge < -0.3 is 20.3 Å². The summed E-state index contributed by atoms with van der Waals surface area (Å²) in [4.78, 5) is 26.5. The van der Waals surface area contributed by atoms with Gasteiger partial charge >= 0.3 is 6.61 Å². The molecule has 2 amide bonds. The second-order valence-corrected chi connectivity index (χ2v) is 9.06. The molecular formula is C21H31F3N4O3. The molecule has 2 aliphatic heterocycles. The van der Waals surface area contributed by atoms with Gasteiger partial charge in [-0.15, -0.1) is 0 Å². The van der Waals surface area contributed by atoms with Gasteiger partial charge in [0.05, 0.1) is 6.54 Å². The first-order chi connectivity index (χ1) is 14.4. The van der Waals surface area contributed by atoms with Gasteiger partial charge in [0.2, 0.25) is 12.3 Å². The van der Waals surface area contributed by atoms with E-state index in [-0.39, 0.29) is 22.9 Å². The third-order valence-corrected chi connectivity index (χ3v) is 4.89. The average Bonchev–Trinajstić information content (AvgIpc) is 2.53. The quantitative estimate of drug-likeness (QED) is 0.633. The van der Waals surface area contributed by atoms with E-state index in [1.54, 1.807) is 0 Å². The van der Waals surface area contributed by atoms with Gasteiger partial charge in [-0.1, -0.05) is 6.92 Å². The van der Waals surface area contributed by atoms with E-state index in [0.717, 1.165) is 37.8 Å². The largest absolute Gasteiger partial charge is 0.435 e. The van der Waals surface area contributed by atoms with E-state index >= 15 is 0 Å². The van der Waals surface area contributed by atoms with Crippen LogP contribution in [-0.4, -0.2) is 73.5 Å². The summed E-state index contributed by atoms with van der Waals surface area (Å²) in [5, 5.41) is 5.13. The van der Waals surface area contributed by atoms with Crippen LogP contribution in [0.2, 0.25) is 0 Å². The Hall–Kier alpha value is -2.33. The lowest BCUT2D eigenvalue weighted by Crippen LogP contribution is -2.72. The Labute approximate surface area is 180 Å². The van der Waals surface area contributed by atoms with Crippen LogP contribution in [0.1, 0.15) is 27.7 Å². The van der Waals surface area contributed by atoms with Gasteiger partial charge in [-0.2, -0.15) is 8.78 Å². The Bertz CT molecular complexity index is 757. The SMILES string of the molecule is CCN1CC2(C1)CN(CC(=O)NC(C)(C)C)C2.O=CNc1cc(F)cc(OC(F)F)c1. The number of nitrogens with one attached hydrogen (secondary N) is 2. The van der Waals surface area contributed by atoms with E-state index in [0.29, 0.717) is 18.4 Å². The number of hydrogen-bond donors (Lipinski definition) is 2. The van der Waals surface area contributed by atoms with Crippen LogP contribution in [-0.2, 0) is 9.59 Å². The molecule has 2 saturated heterocycles. The molecule has 1 aromatic carbocycles. The van der Waals surface area contributed by atoms with Crippen molar-refractivity contribution in [3.05, 3.63) is 24.0 Å². The van der Waals surface area contributed by atoms with Crippen LogP contribution < -0.4 is 15.4 Å². The number of ether oxygens (including phenoxy) is 1. The number of nitrogens with zero attached hydrogens (tertiary/aromatic N) is 2. The Balaban J connectivity index is 0.000000225. The fourth-order valence-corrected chi connectivity index (χ4v) is 3.89.